The maximum Gasteiger partial charge on any atom is 0.262 e. The fraction of sp³-hybridized carbons (Fsp3) is 0.174. The van der Waals surface area contributed by atoms with Crippen molar-refractivity contribution in [2.75, 3.05) is 17.2 Å². The molecule has 0 aromatic heterocycles. The number of rotatable bonds is 7. The van der Waals surface area contributed by atoms with Gasteiger partial charge in [0.25, 0.3) is 5.91 Å². The molecule has 0 saturated heterocycles. The van der Waals surface area contributed by atoms with Crippen LogP contribution in [0.4, 0.5) is 11.4 Å². The highest BCUT2D eigenvalue weighted by molar-refractivity contribution is 6.32. The van der Waals surface area contributed by atoms with Crippen molar-refractivity contribution in [3.63, 3.8) is 0 Å². The van der Waals surface area contributed by atoms with Crippen molar-refractivity contribution in [2.45, 2.75) is 20.4 Å². The summed E-state index contributed by atoms with van der Waals surface area (Å²) in [6, 6.07) is 18.8. The van der Waals surface area contributed by atoms with Gasteiger partial charge in [-0.25, -0.2) is 0 Å². The predicted molar refractivity (Wildman–Crippen MR) is 120 cm³/mol. The molecule has 0 spiro atoms. The van der Waals surface area contributed by atoms with Crippen LogP contribution in [0.5, 0.6) is 5.75 Å². The lowest BCUT2D eigenvalue weighted by Crippen LogP contribution is -2.20. The summed E-state index contributed by atoms with van der Waals surface area (Å²) in [4.78, 5) is 12.1. The molecule has 0 heterocycles. The Morgan fingerprint density at radius 3 is 2.45 bits per heavy atom. The highest BCUT2D eigenvalue weighted by atomic mass is 35.5. The van der Waals surface area contributed by atoms with Crippen LogP contribution < -0.4 is 15.4 Å². The van der Waals surface area contributed by atoms with E-state index in [4.69, 9.17) is 27.9 Å². The Morgan fingerprint density at radius 1 is 0.931 bits per heavy atom. The first kappa shape index (κ1) is 21.0. The number of benzene rings is 3. The fourth-order valence-electron chi connectivity index (χ4n) is 2.81. The van der Waals surface area contributed by atoms with E-state index >= 15 is 0 Å². The van der Waals surface area contributed by atoms with Gasteiger partial charge < -0.3 is 15.4 Å². The lowest BCUT2D eigenvalue weighted by molar-refractivity contribution is -0.118. The van der Waals surface area contributed by atoms with E-state index < -0.39 is 0 Å². The number of aryl methyl sites for hydroxylation is 1. The van der Waals surface area contributed by atoms with Crippen LogP contribution in [0.3, 0.4) is 0 Å². The molecular weight excluding hydrogens is 407 g/mol. The molecule has 3 rings (SSSR count). The molecule has 0 aliphatic rings. The number of ether oxygens (including phenoxy) is 1. The van der Waals surface area contributed by atoms with Crippen molar-refractivity contribution in [1.29, 1.82) is 0 Å². The molecule has 1 amide bonds. The summed E-state index contributed by atoms with van der Waals surface area (Å²) in [5.74, 6) is 0.229. The third kappa shape index (κ3) is 5.66. The molecule has 0 aliphatic heterocycles. The molecule has 4 nitrogen and oxygen atoms in total. The number of hydrogen-bond donors (Lipinski definition) is 2. The minimum Gasteiger partial charge on any atom is -0.482 e. The molecule has 0 radical (unpaired) electrons. The summed E-state index contributed by atoms with van der Waals surface area (Å²) in [6.45, 7) is 4.38. The van der Waals surface area contributed by atoms with E-state index in [1.807, 2.05) is 68.4 Å². The number of amides is 1. The molecule has 0 aliphatic carbocycles. The van der Waals surface area contributed by atoms with Crippen LogP contribution >= 0.6 is 23.2 Å². The summed E-state index contributed by atoms with van der Waals surface area (Å²) >= 11 is 12.5. The summed E-state index contributed by atoms with van der Waals surface area (Å²) in [6.07, 6.45) is 0. The fourth-order valence-corrected chi connectivity index (χ4v) is 3.24. The van der Waals surface area contributed by atoms with Crippen molar-refractivity contribution in [2.24, 2.45) is 0 Å². The average molecular weight is 429 g/mol. The topological polar surface area (TPSA) is 50.4 Å². The van der Waals surface area contributed by atoms with E-state index in [9.17, 15) is 4.79 Å². The molecule has 0 fully saturated rings. The van der Waals surface area contributed by atoms with Crippen molar-refractivity contribution >= 4 is 40.5 Å². The van der Waals surface area contributed by atoms with Crippen LogP contribution in [-0.2, 0) is 11.3 Å². The van der Waals surface area contributed by atoms with Crippen molar-refractivity contribution in [3.05, 3.63) is 87.4 Å². The molecule has 3 aromatic carbocycles. The van der Waals surface area contributed by atoms with Crippen LogP contribution in [0.25, 0.3) is 0 Å². The number of halogens is 2. The minimum atomic E-state index is -0.238. The van der Waals surface area contributed by atoms with E-state index in [0.29, 0.717) is 17.3 Å². The Kier molecular flexibility index (Phi) is 7.02. The summed E-state index contributed by atoms with van der Waals surface area (Å²) in [5.41, 5.74) is 4.73. The normalized spacial score (nSPS) is 10.5. The van der Waals surface area contributed by atoms with Gasteiger partial charge in [0.05, 0.1) is 5.02 Å². The number of anilines is 2. The quantitative estimate of drug-likeness (QED) is 0.468. The average Bonchev–Trinajstić information content (AvgIpc) is 2.70. The molecule has 3 aromatic rings. The highest BCUT2D eigenvalue weighted by Crippen LogP contribution is 2.27. The molecule has 29 heavy (non-hydrogen) atoms. The number of carbonyl (C=O) groups excluding carboxylic acids is 1. The zero-order valence-electron chi connectivity index (χ0n) is 16.3. The first-order valence-electron chi connectivity index (χ1n) is 9.19. The van der Waals surface area contributed by atoms with Crippen molar-refractivity contribution in [1.82, 2.24) is 0 Å². The molecule has 0 saturated carbocycles. The third-order valence-corrected chi connectivity index (χ3v) is 5.23. The van der Waals surface area contributed by atoms with Crippen LogP contribution in [0.1, 0.15) is 16.7 Å². The standard InChI is InChI=1S/C23H22Cl2N2O2/c1-15-6-3-4-8-20(15)27-23(28)14-29-22-11-10-17(12-19(22)25)13-26-21-9-5-7-18(24)16(21)2/h3-12,26H,13-14H2,1-2H3,(H,27,28). The largest absolute Gasteiger partial charge is 0.482 e. The molecule has 0 unspecified atom stereocenters. The number of carbonyl (C=O) groups is 1. The van der Waals surface area contributed by atoms with E-state index in [2.05, 4.69) is 10.6 Å². The molecule has 150 valence electrons. The van der Waals surface area contributed by atoms with Gasteiger partial charge in [-0.1, -0.05) is 53.5 Å². The Balaban J connectivity index is 1.56. The van der Waals surface area contributed by atoms with Crippen LogP contribution in [0.15, 0.2) is 60.7 Å². The van der Waals surface area contributed by atoms with Gasteiger partial charge in [-0.15, -0.1) is 0 Å². The lowest BCUT2D eigenvalue weighted by atomic mass is 10.1. The Morgan fingerprint density at radius 2 is 1.69 bits per heavy atom. The first-order valence-corrected chi connectivity index (χ1v) is 9.95. The van der Waals surface area contributed by atoms with Crippen LogP contribution in [0, 0.1) is 13.8 Å². The predicted octanol–water partition coefficient (Wildman–Crippen LogP) is 6.24. The van der Waals surface area contributed by atoms with Gasteiger partial charge in [0.15, 0.2) is 6.61 Å². The summed E-state index contributed by atoms with van der Waals surface area (Å²) < 4.78 is 5.58. The first-order chi connectivity index (χ1) is 13.9. The molecular formula is C23H22Cl2N2O2. The third-order valence-electron chi connectivity index (χ3n) is 4.52. The molecule has 0 bridgehead atoms. The van der Waals surface area contributed by atoms with Crippen LogP contribution in [0.2, 0.25) is 10.0 Å². The molecule has 6 heteroatoms. The van der Waals surface area contributed by atoms with Crippen LogP contribution in [-0.4, -0.2) is 12.5 Å². The second-order valence-corrected chi connectivity index (χ2v) is 7.50. The van der Waals surface area contributed by atoms with Gasteiger partial charge in [-0.2, -0.15) is 0 Å². The van der Waals surface area contributed by atoms with Gasteiger partial charge in [0, 0.05) is 22.9 Å². The monoisotopic (exact) mass is 428 g/mol. The number of nitrogens with one attached hydrogen (secondary N) is 2. The summed E-state index contributed by atoms with van der Waals surface area (Å²) in [7, 11) is 0. The number of para-hydroxylation sites is 1. The van der Waals surface area contributed by atoms with Crippen molar-refractivity contribution in [3.8, 4) is 5.75 Å². The zero-order valence-corrected chi connectivity index (χ0v) is 17.8. The zero-order chi connectivity index (χ0) is 20.8. The Labute approximate surface area is 180 Å². The second-order valence-electron chi connectivity index (χ2n) is 6.68. The molecule has 0 atom stereocenters. The van der Waals surface area contributed by atoms with Gasteiger partial charge in [0.2, 0.25) is 0 Å². The van der Waals surface area contributed by atoms with E-state index in [0.717, 1.165) is 33.1 Å². The van der Waals surface area contributed by atoms with E-state index in [1.165, 1.54) is 0 Å². The van der Waals surface area contributed by atoms with Gasteiger partial charge in [-0.3, -0.25) is 4.79 Å². The maximum atomic E-state index is 12.1. The minimum absolute atomic E-state index is 0.118. The Hall–Kier alpha value is -2.69. The SMILES string of the molecule is Cc1ccccc1NC(=O)COc1ccc(CNc2cccc(Cl)c2C)cc1Cl. The maximum absolute atomic E-state index is 12.1. The lowest BCUT2D eigenvalue weighted by Gasteiger charge is -2.13. The smallest absolute Gasteiger partial charge is 0.262 e. The van der Waals surface area contributed by atoms with Gasteiger partial charge >= 0.3 is 0 Å². The van der Waals surface area contributed by atoms with Gasteiger partial charge in [0.1, 0.15) is 5.75 Å². The highest BCUT2D eigenvalue weighted by Gasteiger charge is 2.09. The molecule has 2 N–H and O–H groups in total. The van der Waals surface area contributed by atoms with E-state index in [1.54, 1.807) is 6.07 Å². The van der Waals surface area contributed by atoms with Gasteiger partial charge in [-0.05, 0) is 60.9 Å². The van der Waals surface area contributed by atoms with E-state index in [-0.39, 0.29) is 12.5 Å². The van der Waals surface area contributed by atoms with Crippen molar-refractivity contribution < 1.29 is 9.53 Å². The summed E-state index contributed by atoms with van der Waals surface area (Å²) in [5, 5.41) is 7.36. The number of hydrogen-bond acceptors (Lipinski definition) is 3. The Bertz CT molecular complexity index is 1020. The second kappa shape index (κ2) is 9.68.